The van der Waals surface area contributed by atoms with E-state index >= 15 is 0 Å². The summed E-state index contributed by atoms with van der Waals surface area (Å²) in [7, 11) is 1.29. The highest BCUT2D eigenvalue weighted by atomic mass is 35.5. The number of hydrogen-bond donors (Lipinski definition) is 2. The van der Waals surface area contributed by atoms with Gasteiger partial charge in [0, 0.05) is 5.39 Å². The van der Waals surface area contributed by atoms with Crippen LogP contribution < -0.4 is 5.32 Å². The van der Waals surface area contributed by atoms with Crippen LogP contribution in [-0.4, -0.2) is 24.0 Å². The van der Waals surface area contributed by atoms with E-state index in [-0.39, 0.29) is 11.5 Å². The maximum Gasteiger partial charge on any atom is 0.339 e. The van der Waals surface area contributed by atoms with Crippen LogP contribution in [0.25, 0.3) is 10.9 Å². The van der Waals surface area contributed by atoms with Gasteiger partial charge >= 0.3 is 5.97 Å². The Hall–Kier alpha value is -2.79. The number of fused-ring (bicyclic) bond motifs is 1. The quantitative estimate of drug-likeness (QED) is 0.717. The first-order valence-corrected chi connectivity index (χ1v) is 7.24. The van der Waals surface area contributed by atoms with Crippen molar-refractivity contribution in [3.05, 3.63) is 64.8 Å². The number of rotatable bonds is 3. The molecule has 0 aliphatic heterocycles. The van der Waals surface area contributed by atoms with Gasteiger partial charge in [-0.3, -0.25) is 4.79 Å². The Balaban J connectivity index is 1.92. The monoisotopic (exact) mass is 328 g/mol. The molecule has 0 radical (unpaired) electrons. The molecule has 3 rings (SSSR count). The third-order valence-corrected chi connectivity index (χ3v) is 3.75. The molecular weight excluding hydrogens is 316 g/mol. The van der Waals surface area contributed by atoms with Crippen molar-refractivity contribution in [2.45, 2.75) is 0 Å². The van der Waals surface area contributed by atoms with Gasteiger partial charge in [-0.05, 0) is 24.3 Å². The van der Waals surface area contributed by atoms with Gasteiger partial charge in [-0.25, -0.2) is 4.79 Å². The predicted molar refractivity (Wildman–Crippen MR) is 89.0 cm³/mol. The molecule has 1 aromatic heterocycles. The number of H-pyrrole nitrogens is 1. The Morgan fingerprint density at radius 1 is 1.13 bits per heavy atom. The number of nitrogens with one attached hydrogen (secondary N) is 2. The summed E-state index contributed by atoms with van der Waals surface area (Å²) in [5, 5.41) is 4.08. The normalized spacial score (nSPS) is 10.5. The number of anilines is 1. The number of carbonyl (C=O) groups excluding carboxylic acids is 2. The first kappa shape index (κ1) is 15.1. The van der Waals surface area contributed by atoms with Crippen LogP contribution in [0.3, 0.4) is 0 Å². The first-order chi connectivity index (χ1) is 11.1. The predicted octanol–water partition coefficient (Wildman–Crippen LogP) is 3.86. The summed E-state index contributed by atoms with van der Waals surface area (Å²) < 4.78 is 4.71. The molecule has 0 aliphatic carbocycles. The molecule has 2 N–H and O–H groups in total. The van der Waals surface area contributed by atoms with E-state index in [9.17, 15) is 9.59 Å². The lowest BCUT2D eigenvalue weighted by molar-refractivity contribution is 0.0602. The fraction of sp³-hybridized carbons (Fsp3) is 0.0588. The highest BCUT2D eigenvalue weighted by Crippen LogP contribution is 2.24. The summed E-state index contributed by atoms with van der Waals surface area (Å²) in [5.74, 6) is -0.880. The van der Waals surface area contributed by atoms with Crippen molar-refractivity contribution in [3.63, 3.8) is 0 Å². The number of aromatic amines is 1. The lowest BCUT2D eigenvalue weighted by Crippen LogP contribution is -2.15. The zero-order valence-corrected chi connectivity index (χ0v) is 13.0. The molecule has 1 heterocycles. The second-order valence-electron chi connectivity index (χ2n) is 4.88. The van der Waals surface area contributed by atoms with Crippen molar-refractivity contribution >= 4 is 40.1 Å². The zero-order chi connectivity index (χ0) is 16.4. The summed E-state index contributed by atoms with van der Waals surface area (Å²) in [5.41, 5.74) is 1.72. The van der Waals surface area contributed by atoms with Gasteiger partial charge in [0.2, 0.25) is 0 Å². The van der Waals surface area contributed by atoms with Crippen LogP contribution in [0.2, 0.25) is 5.02 Å². The van der Waals surface area contributed by atoms with E-state index in [4.69, 9.17) is 16.3 Å². The lowest BCUT2D eigenvalue weighted by atomic mass is 10.1. The van der Waals surface area contributed by atoms with Gasteiger partial charge < -0.3 is 15.0 Å². The molecule has 0 bridgehead atoms. The van der Waals surface area contributed by atoms with Crippen LogP contribution in [0.5, 0.6) is 0 Å². The summed E-state index contributed by atoms with van der Waals surface area (Å²) in [6.07, 6.45) is 0. The molecule has 5 nitrogen and oxygen atoms in total. The van der Waals surface area contributed by atoms with Gasteiger partial charge in [-0.2, -0.15) is 0 Å². The van der Waals surface area contributed by atoms with E-state index in [1.165, 1.54) is 7.11 Å². The van der Waals surface area contributed by atoms with E-state index in [2.05, 4.69) is 10.3 Å². The van der Waals surface area contributed by atoms with Crippen molar-refractivity contribution in [1.29, 1.82) is 0 Å². The standard InChI is InChI=1S/C17H13ClN2O3/c1-23-17(22)11-6-2-3-8-13(11)20-16(21)14-9-10-5-4-7-12(18)15(10)19-14/h2-9,19H,1H3,(H,20,21). The van der Waals surface area contributed by atoms with E-state index < -0.39 is 5.97 Å². The number of methoxy groups -OCH3 is 1. The van der Waals surface area contributed by atoms with E-state index in [0.717, 1.165) is 5.39 Å². The molecule has 3 aromatic rings. The number of para-hydroxylation sites is 2. The van der Waals surface area contributed by atoms with Crippen molar-refractivity contribution in [1.82, 2.24) is 4.98 Å². The van der Waals surface area contributed by atoms with Gasteiger partial charge in [-0.15, -0.1) is 0 Å². The third-order valence-electron chi connectivity index (χ3n) is 3.43. The number of ether oxygens (including phenoxy) is 1. The minimum absolute atomic E-state index is 0.289. The smallest absolute Gasteiger partial charge is 0.339 e. The minimum atomic E-state index is -0.513. The zero-order valence-electron chi connectivity index (χ0n) is 12.2. The fourth-order valence-electron chi connectivity index (χ4n) is 2.31. The molecule has 23 heavy (non-hydrogen) atoms. The Bertz CT molecular complexity index is 902. The Morgan fingerprint density at radius 3 is 2.65 bits per heavy atom. The van der Waals surface area contributed by atoms with Crippen LogP contribution in [-0.2, 0) is 4.74 Å². The van der Waals surface area contributed by atoms with Gasteiger partial charge in [0.05, 0.1) is 28.9 Å². The van der Waals surface area contributed by atoms with E-state index in [1.807, 2.05) is 12.1 Å². The SMILES string of the molecule is COC(=O)c1ccccc1NC(=O)c1cc2cccc(Cl)c2[nH]1. The first-order valence-electron chi connectivity index (χ1n) is 6.86. The Labute approximate surface area is 137 Å². The molecule has 0 saturated carbocycles. The molecule has 0 spiro atoms. The molecule has 0 saturated heterocycles. The van der Waals surface area contributed by atoms with Crippen molar-refractivity contribution in [3.8, 4) is 0 Å². The Morgan fingerprint density at radius 2 is 1.91 bits per heavy atom. The van der Waals surface area contributed by atoms with Crippen molar-refractivity contribution in [2.75, 3.05) is 12.4 Å². The van der Waals surface area contributed by atoms with Crippen molar-refractivity contribution in [2.24, 2.45) is 0 Å². The minimum Gasteiger partial charge on any atom is -0.465 e. The van der Waals surface area contributed by atoms with Crippen LogP contribution >= 0.6 is 11.6 Å². The van der Waals surface area contributed by atoms with E-state index in [0.29, 0.717) is 21.9 Å². The van der Waals surface area contributed by atoms with Crippen molar-refractivity contribution < 1.29 is 14.3 Å². The Kier molecular flexibility index (Phi) is 4.04. The molecule has 0 aliphatic rings. The molecule has 0 fully saturated rings. The van der Waals surface area contributed by atoms with Gasteiger partial charge in [0.1, 0.15) is 5.69 Å². The highest BCUT2D eigenvalue weighted by molar-refractivity contribution is 6.35. The van der Waals surface area contributed by atoms with Crippen LogP contribution in [0, 0.1) is 0 Å². The number of esters is 1. The molecule has 0 unspecified atom stereocenters. The summed E-state index contributed by atoms with van der Waals surface area (Å²) in [6.45, 7) is 0. The molecule has 6 heteroatoms. The molecule has 1 amide bonds. The lowest BCUT2D eigenvalue weighted by Gasteiger charge is -2.08. The van der Waals surface area contributed by atoms with Crippen LogP contribution in [0.4, 0.5) is 5.69 Å². The number of benzene rings is 2. The number of carbonyl (C=O) groups is 2. The molecule has 0 atom stereocenters. The largest absolute Gasteiger partial charge is 0.465 e. The number of amides is 1. The van der Waals surface area contributed by atoms with Gasteiger partial charge in [0.15, 0.2) is 0 Å². The van der Waals surface area contributed by atoms with E-state index in [1.54, 1.807) is 36.4 Å². The third kappa shape index (κ3) is 2.91. The molecular formula is C17H13ClN2O3. The highest BCUT2D eigenvalue weighted by Gasteiger charge is 2.16. The maximum absolute atomic E-state index is 12.4. The number of aromatic nitrogens is 1. The molecule has 2 aromatic carbocycles. The summed E-state index contributed by atoms with van der Waals surface area (Å²) in [6, 6.07) is 13.8. The molecule has 116 valence electrons. The summed E-state index contributed by atoms with van der Waals surface area (Å²) >= 11 is 6.10. The number of hydrogen-bond acceptors (Lipinski definition) is 3. The second kappa shape index (κ2) is 6.14. The summed E-state index contributed by atoms with van der Waals surface area (Å²) in [4.78, 5) is 27.1. The van der Waals surface area contributed by atoms with Gasteiger partial charge in [-0.1, -0.05) is 35.9 Å². The average Bonchev–Trinajstić information content (AvgIpc) is 3.00. The number of halogens is 1. The van der Waals surface area contributed by atoms with Gasteiger partial charge in [0.25, 0.3) is 5.91 Å². The van der Waals surface area contributed by atoms with Crippen LogP contribution in [0.15, 0.2) is 48.5 Å². The maximum atomic E-state index is 12.4. The average molecular weight is 329 g/mol. The topological polar surface area (TPSA) is 71.2 Å². The fourth-order valence-corrected chi connectivity index (χ4v) is 2.54. The van der Waals surface area contributed by atoms with Crippen LogP contribution in [0.1, 0.15) is 20.8 Å². The second-order valence-corrected chi connectivity index (χ2v) is 5.29.